The maximum absolute atomic E-state index is 13.2. The number of rotatable bonds is 5. The Kier molecular flexibility index (Phi) is 5.61. The van der Waals surface area contributed by atoms with Crippen LogP contribution in [0, 0.1) is 40.3 Å². The Balaban J connectivity index is 1.19. The molecule has 0 aromatic heterocycles. The minimum absolute atomic E-state index is 0.191. The fourth-order valence-corrected chi connectivity index (χ4v) is 7.22. The van der Waals surface area contributed by atoms with Crippen molar-refractivity contribution in [2.24, 2.45) is 23.2 Å². The average molecular weight is 437 g/mol. The van der Waals surface area contributed by atoms with Gasteiger partial charge in [-0.05, 0) is 92.9 Å². The second-order valence-electron chi connectivity index (χ2n) is 10.6. The Morgan fingerprint density at radius 2 is 1.66 bits per heavy atom. The number of nitrogens with one attached hydrogen (secondary N) is 1. The molecule has 5 fully saturated rings. The summed E-state index contributed by atoms with van der Waals surface area (Å²) in [5.74, 6) is 2.19. The highest BCUT2D eigenvalue weighted by molar-refractivity contribution is 5.97. The highest BCUT2D eigenvalue weighted by atomic mass is 19.1. The van der Waals surface area contributed by atoms with E-state index in [4.69, 9.17) is 0 Å². The molecular weight excluding hydrogens is 403 g/mol. The number of benzene rings is 1. The van der Waals surface area contributed by atoms with E-state index in [2.05, 4.69) is 23.2 Å². The van der Waals surface area contributed by atoms with Crippen LogP contribution >= 0.6 is 0 Å². The van der Waals surface area contributed by atoms with Crippen LogP contribution in [0.2, 0.25) is 0 Å². The van der Waals surface area contributed by atoms with Crippen LogP contribution in [0.1, 0.15) is 45.4 Å². The third-order valence-electron chi connectivity index (χ3n) is 8.59. The lowest BCUT2D eigenvalue weighted by atomic mass is 9.48. The van der Waals surface area contributed by atoms with E-state index in [0.717, 1.165) is 23.4 Å². The van der Waals surface area contributed by atoms with Crippen LogP contribution in [-0.2, 0) is 4.79 Å². The van der Waals surface area contributed by atoms with Gasteiger partial charge >= 0.3 is 0 Å². The van der Waals surface area contributed by atoms with Crippen LogP contribution in [0.3, 0.4) is 0 Å². The molecule has 170 valence electrons. The molecule has 5 aliphatic rings. The van der Waals surface area contributed by atoms with Crippen LogP contribution in [0.15, 0.2) is 36.0 Å². The first kappa shape index (κ1) is 21.3. The van der Waals surface area contributed by atoms with Crippen molar-refractivity contribution in [1.82, 2.24) is 10.2 Å². The normalized spacial score (nSPS) is 32.5. The molecule has 1 unspecified atom stereocenters. The highest BCUT2D eigenvalue weighted by Gasteiger charge is 2.53. The SMILES string of the molecule is CC(N/C=C(/C#N)C(=O)N1CCN(c2ccc(F)cc2)CC1)C12CC3CC(CC(C3)C1)C2. The van der Waals surface area contributed by atoms with Gasteiger partial charge in [0.25, 0.3) is 5.91 Å². The summed E-state index contributed by atoms with van der Waals surface area (Å²) in [5.41, 5.74) is 1.48. The molecule has 6 heteroatoms. The van der Waals surface area contributed by atoms with Gasteiger partial charge in [-0.15, -0.1) is 0 Å². The van der Waals surface area contributed by atoms with Crippen LogP contribution in [0.4, 0.5) is 10.1 Å². The van der Waals surface area contributed by atoms with E-state index in [1.165, 1.54) is 50.7 Å². The second kappa shape index (κ2) is 8.42. The Hall–Kier alpha value is -2.55. The van der Waals surface area contributed by atoms with Gasteiger partial charge in [0.15, 0.2) is 0 Å². The molecular formula is C26H33FN4O. The Bertz CT molecular complexity index is 891. The molecule has 6 rings (SSSR count). The molecule has 1 saturated heterocycles. The van der Waals surface area contributed by atoms with E-state index in [1.807, 2.05) is 0 Å². The Morgan fingerprint density at radius 3 is 2.19 bits per heavy atom. The summed E-state index contributed by atoms with van der Waals surface area (Å²) in [4.78, 5) is 16.9. The summed E-state index contributed by atoms with van der Waals surface area (Å²) < 4.78 is 13.2. The zero-order valence-electron chi connectivity index (χ0n) is 18.9. The molecule has 1 aromatic rings. The molecule has 4 saturated carbocycles. The van der Waals surface area contributed by atoms with E-state index < -0.39 is 0 Å². The number of amides is 1. The van der Waals surface area contributed by atoms with Gasteiger partial charge in [-0.2, -0.15) is 5.26 Å². The fraction of sp³-hybridized carbons (Fsp3) is 0.615. The minimum atomic E-state index is -0.248. The van der Waals surface area contributed by atoms with Gasteiger partial charge in [-0.25, -0.2) is 4.39 Å². The lowest BCUT2D eigenvalue weighted by Gasteiger charge is -2.59. The van der Waals surface area contributed by atoms with Crippen molar-refractivity contribution in [3.63, 3.8) is 0 Å². The summed E-state index contributed by atoms with van der Waals surface area (Å²) in [6.45, 7) is 4.70. The number of carbonyl (C=O) groups is 1. The molecule has 4 aliphatic carbocycles. The first-order valence-electron chi connectivity index (χ1n) is 12.1. The molecule has 0 spiro atoms. The molecule has 32 heavy (non-hydrogen) atoms. The number of anilines is 1. The molecule has 1 atom stereocenters. The smallest absolute Gasteiger partial charge is 0.266 e. The maximum Gasteiger partial charge on any atom is 0.266 e. The molecule has 4 bridgehead atoms. The molecule has 1 heterocycles. The predicted molar refractivity (Wildman–Crippen MR) is 122 cm³/mol. The number of carbonyl (C=O) groups excluding carboxylic acids is 1. The minimum Gasteiger partial charge on any atom is -0.387 e. The summed E-state index contributed by atoms with van der Waals surface area (Å²) >= 11 is 0. The zero-order chi connectivity index (χ0) is 22.3. The van der Waals surface area contributed by atoms with E-state index in [1.54, 1.807) is 23.2 Å². The standard InChI is InChI=1S/C26H33FN4O/c1-18(26-13-19-10-20(14-26)12-21(11-19)15-26)29-17-22(16-28)25(32)31-8-6-30(7-9-31)24-4-2-23(27)3-5-24/h2-5,17-21,29H,6-15H2,1H3/b22-17-. The average Bonchev–Trinajstić information content (AvgIpc) is 2.79. The first-order chi connectivity index (χ1) is 15.5. The van der Waals surface area contributed by atoms with Crippen molar-refractivity contribution in [2.45, 2.75) is 51.5 Å². The molecule has 0 radical (unpaired) electrons. The predicted octanol–water partition coefficient (Wildman–Crippen LogP) is 4.08. The topological polar surface area (TPSA) is 59.4 Å². The summed E-state index contributed by atoms with van der Waals surface area (Å²) in [7, 11) is 0. The van der Waals surface area contributed by atoms with Crippen molar-refractivity contribution in [2.75, 3.05) is 31.1 Å². The lowest BCUT2D eigenvalue weighted by molar-refractivity contribution is -0.127. The number of nitriles is 1. The number of piperazine rings is 1. The van der Waals surface area contributed by atoms with Crippen LogP contribution < -0.4 is 10.2 Å². The third-order valence-corrected chi connectivity index (χ3v) is 8.59. The van der Waals surface area contributed by atoms with Crippen LogP contribution in [0.25, 0.3) is 0 Å². The number of hydrogen-bond acceptors (Lipinski definition) is 4. The lowest BCUT2D eigenvalue weighted by Crippen LogP contribution is -2.54. The quantitative estimate of drug-likeness (QED) is 0.558. The van der Waals surface area contributed by atoms with E-state index in [-0.39, 0.29) is 23.3 Å². The van der Waals surface area contributed by atoms with Gasteiger partial charge in [0.05, 0.1) is 0 Å². The van der Waals surface area contributed by atoms with Gasteiger partial charge in [0, 0.05) is 44.1 Å². The van der Waals surface area contributed by atoms with Crippen molar-refractivity contribution < 1.29 is 9.18 Å². The number of nitrogens with zero attached hydrogens (tertiary/aromatic N) is 3. The second-order valence-corrected chi connectivity index (χ2v) is 10.6. The Morgan fingerprint density at radius 1 is 1.09 bits per heavy atom. The van der Waals surface area contributed by atoms with Crippen molar-refractivity contribution in [3.05, 3.63) is 41.9 Å². The van der Waals surface area contributed by atoms with E-state index >= 15 is 0 Å². The van der Waals surface area contributed by atoms with Gasteiger partial charge in [-0.1, -0.05) is 0 Å². The molecule has 1 amide bonds. The maximum atomic E-state index is 13.2. The van der Waals surface area contributed by atoms with Crippen molar-refractivity contribution in [3.8, 4) is 6.07 Å². The van der Waals surface area contributed by atoms with Crippen molar-refractivity contribution in [1.29, 1.82) is 5.26 Å². The molecule has 1 N–H and O–H groups in total. The van der Waals surface area contributed by atoms with Crippen LogP contribution in [0.5, 0.6) is 0 Å². The molecule has 1 aromatic carbocycles. The Labute approximate surface area is 190 Å². The third kappa shape index (κ3) is 3.98. The van der Waals surface area contributed by atoms with Gasteiger partial charge < -0.3 is 15.1 Å². The van der Waals surface area contributed by atoms with Crippen LogP contribution in [-0.4, -0.2) is 43.0 Å². The molecule has 5 nitrogen and oxygen atoms in total. The zero-order valence-corrected chi connectivity index (χ0v) is 18.9. The fourth-order valence-electron chi connectivity index (χ4n) is 7.22. The van der Waals surface area contributed by atoms with Gasteiger partial charge in [0.1, 0.15) is 17.5 Å². The van der Waals surface area contributed by atoms with Gasteiger partial charge in [-0.3, -0.25) is 4.79 Å². The summed E-state index contributed by atoms with van der Waals surface area (Å²) in [6.07, 6.45) is 9.79. The number of halogens is 1. The molecule has 1 aliphatic heterocycles. The van der Waals surface area contributed by atoms with Gasteiger partial charge in [0.2, 0.25) is 0 Å². The van der Waals surface area contributed by atoms with E-state index in [0.29, 0.717) is 31.6 Å². The monoisotopic (exact) mass is 436 g/mol. The summed E-state index contributed by atoms with van der Waals surface area (Å²) in [5, 5.41) is 13.2. The number of hydrogen-bond donors (Lipinski definition) is 1. The highest BCUT2D eigenvalue weighted by Crippen LogP contribution is 2.61. The van der Waals surface area contributed by atoms with E-state index in [9.17, 15) is 14.4 Å². The van der Waals surface area contributed by atoms with Crippen molar-refractivity contribution >= 4 is 11.6 Å². The first-order valence-corrected chi connectivity index (χ1v) is 12.1. The summed E-state index contributed by atoms with van der Waals surface area (Å²) in [6, 6.07) is 8.86. The largest absolute Gasteiger partial charge is 0.387 e.